The summed E-state index contributed by atoms with van der Waals surface area (Å²) in [6.07, 6.45) is 0. The van der Waals surface area contributed by atoms with Crippen LogP contribution in [-0.2, 0) is 16.6 Å². The Labute approximate surface area is 150 Å². The number of nitrogens with zero attached hydrogens (tertiary/aromatic N) is 2. The Balaban J connectivity index is 1.68. The zero-order valence-corrected chi connectivity index (χ0v) is 15.5. The summed E-state index contributed by atoms with van der Waals surface area (Å²) >= 11 is 1.61. The predicted molar refractivity (Wildman–Crippen MR) is 96.6 cm³/mol. The number of aryl methyl sites for hydroxylation is 2. The number of sulfonamides is 1. The molecule has 1 N–H and O–H groups in total. The van der Waals surface area contributed by atoms with E-state index in [1.807, 2.05) is 30.5 Å². The highest BCUT2D eigenvalue weighted by atomic mass is 32.2. The summed E-state index contributed by atoms with van der Waals surface area (Å²) in [4.78, 5) is 1.16. The van der Waals surface area contributed by atoms with Gasteiger partial charge in [0.2, 0.25) is 10.0 Å². The van der Waals surface area contributed by atoms with Gasteiger partial charge in [0.25, 0.3) is 0 Å². The van der Waals surface area contributed by atoms with Crippen molar-refractivity contribution in [3.05, 3.63) is 58.9 Å². The molecule has 0 unspecified atom stereocenters. The minimum Gasteiger partial charge on any atom is -0.268 e. The van der Waals surface area contributed by atoms with Crippen LogP contribution in [0.15, 0.2) is 46.7 Å². The molecule has 5 nitrogen and oxygen atoms in total. The molecule has 0 radical (unpaired) electrons. The molecule has 0 aliphatic carbocycles. The molecule has 0 atom stereocenters. The Kier molecular flexibility index (Phi) is 5.03. The number of hydrogen-bond acceptors (Lipinski definition) is 4. The Morgan fingerprint density at radius 3 is 2.72 bits per heavy atom. The molecule has 8 heteroatoms. The van der Waals surface area contributed by atoms with Crippen LogP contribution in [0.25, 0.3) is 10.6 Å². The number of rotatable bonds is 6. The highest BCUT2D eigenvalue weighted by Crippen LogP contribution is 2.23. The molecule has 0 aliphatic heterocycles. The first-order valence-corrected chi connectivity index (χ1v) is 10.1. The smallest absolute Gasteiger partial charge is 0.240 e. The average Bonchev–Trinajstić information content (AvgIpc) is 3.17. The van der Waals surface area contributed by atoms with Gasteiger partial charge in [-0.05, 0) is 55.1 Å². The van der Waals surface area contributed by atoms with Crippen molar-refractivity contribution in [2.24, 2.45) is 0 Å². The van der Waals surface area contributed by atoms with E-state index in [4.69, 9.17) is 0 Å². The first kappa shape index (κ1) is 17.8. The highest BCUT2D eigenvalue weighted by molar-refractivity contribution is 7.89. The van der Waals surface area contributed by atoms with Crippen molar-refractivity contribution in [3.8, 4) is 10.6 Å². The van der Waals surface area contributed by atoms with E-state index >= 15 is 0 Å². The lowest BCUT2D eigenvalue weighted by molar-refractivity contribution is 0.555. The average molecular weight is 379 g/mol. The first-order valence-electron chi connectivity index (χ1n) is 7.71. The Morgan fingerprint density at radius 2 is 2.04 bits per heavy atom. The lowest BCUT2D eigenvalue weighted by Gasteiger charge is -2.10. The van der Waals surface area contributed by atoms with Crippen LogP contribution in [0.4, 0.5) is 4.39 Å². The fourth-order valence-corrected chi connectivity index (χ4v) is 4.49. The second-order valence-electron chi connectivity index (χ2n) is 5.68. The van der Waals surface area contributed by atoms with E-state index in [2.05, 4.69) is 9.82 Å². The minimum atomic E-state index is -3.68. The standard InChI is InChI=1S/C17H18FN3O2S2/c1-12-10-14(18)5-6-17(12)25(22,23)19-7-8-21-13(2)11-15(20-21)16-4-3-9-24-16/h3-6,9-11,19H,7-8H2,1-2H3. The fourth-order valence-electron chi connectivity index (χ4n) is 2.56. The minimum absolute atomic E-state index is 0.0883. The van der Waals surface area contributed by atoms with E-state index < -0.39 is 15.8 Å². The van der Waals surface area contributed by atoms with Gasteiger partial charge in [0.05, 0.1) is 16.3 Å². The van der Waals surface area contributed by atoms with Crippen LogP contribution < -0.4 is 4.72 Å². The third kappa shape index (κ3) is 3.97. The van der Waals surface area contributed by atoms with Crippen molar-refractivity contribution >= 4 is 21.4 Å². The van der Waals surface area contributed by atoms with Crippen LogP contribution >= 0.6 is 11.3 Å². The molecule has 0 bridgehead atoms. The number of halogens is 1. The third-order valence-corrected chi connectivity index (χ3v) is 6.31. The zero-order valence-electron chi connectivity index (χ0n) is 13.9. The first-order chi connectivity index (χ1) is 11.9. The molecule has 0 saturated carbocycles. The van der Waals surface area contributed by atoms with E-state index in [1.165, 1.54) is 12.1 Å². The number of aromatic nitrogens is 2. The van der Waals surface area contributed by atoms with Crippen molar-refractivity contribution in [2.75, 3.05) is 6.54 Å². The molecule has 132 valence electrons. The second kappa shape index (κ2) is 7.07. The van der Waals surface area contributed by atoms with Gasteiger partial charge in [-0.2, -0.15) is 5.10 Å². The summed E-state index contributed by atoms with van der Waals surface area (Å²) < 4.78 is 42.2. The number of benzene rings is 1. The third-order valence-electron chi connectivity index (χ3n) is 3.80. The maximum atomic E-state index is 13.1. The van der Waals surface area contributed by atoms with Gasteiger partial charge in [0, 0.05) is 12.2 Å². The zero-order chi connectivity index (χ0) is 18.0. The molecule has 2 heterocycles. The molecular formula is C17H18FN3O2S2. The van der Waals surface area contributed by atoms with Crippen molar-refractivity contribution in [3.63, 3.8) is 0 Å². The van der Waals surface area contributed by atoms with E-state index in [-0.39, 0.29) is 11.4 Å². The largest absolute Gasteiger partial charge is 0.268 e. The summed E-state index contributed by atoms with van der Waals surface area (Å²) in [6, 6.07) is 9.57. The SMILES string of the molecule is Cc1cc(F)ccc1S(=O)(=O)NCCn1nc(-c2cccs2)cc1C. The Hall–Kier alpha value is -2.03. The van der Waals surface area contributed by atoms with Gasteiger partial charge >= 0.3 is 0 Å². The quantitative estimate of drug-likeness (QED) is 0.714. The van der Waals surface area contributed by atoms with Gasteiger partial charge < -0.3 is 0 Å². The number of nitrogens with one attached hydrogen (secondary N) is 1. The Bertz CT molecular complexity index is 979. The van der Waals surface area contributed by atoms with Gasteiger partial charge in [-0.1, -0.05) is 6.07 Å². The molecule has 25 heavy (non-hydrogen) atoms. The van der Waals surface area contributed by atoms with Crippen LogP contribution in [0.1, 0.15) is 11.3 Å². The predicted octanol–water partition coefficient (Wildman–Crippen LogP) is 3.35. The van der Waals surface area contributed by atoms with E-state index in [1.54, 1.807) is 22.9 Å². The summed E-state index contributed by atoms with van der Waals surface area (Å²) in [6.45, 7) is 4.12. The van der Waals surface area contributed by atoms with Gasteiger partial charge in [-0.15, -0.1) is 11.3 Å². The molecule has 3 rings (SSSR count). The van der Waals surface area contributed by atoms with Crippen molar-refractivity contribution in [2.45, 2.75) is 25.3 Å². The van der Waals surface area contributed by atoms with Crippen LogP contribution in [0, 0.1) is 19.7 Å². The van der Waals surface area contributed by atoms with Crippen LogP contribution in [-0.4, -0.2) is 24.7 Å². The van der Waals surface area contributed by atoms with E-state index in [0.717, 1.165) is 22.3 Å². The lowest BCUT2D eigenvalue weighted by atomic mass is 10.2. The van der Waals surface area contributed by atoms with Crippen molar-refractivity contribution in [1.29, 1.82) is 0 Å². The summed E-state index contributed by atoms with van der Waals surface area (Å²) in [5.74, 6) is -0.454. The molecule has 1 aromatic carbocycles. The van der Waals surface area contributed by atoms with E-state index in [0.29, 0.717) is 12.1 Å². The molecular weight excluding hydrogens is 361 g/mol. The molecule has 0 fully saturated rings. The number of hydrogen-bond donors (Lipinski definition) is 1. The van der Waals surface area contributed by atoms with Crippen molar-refractivity contribution < 1.29 is 12.8 Å². The molecule has 3 aromatic rings. The molecule has 0 aliphatic rings. The fraction of sp³-hybridized carbons (Fsp3) is 0.235. The molecule has 0 amide bonds. The van der Waals surface area contributed by atoms with Gasteiger partial charge in [-0.25, -0.2) is 17.5 Å². The molecule has 2 aromatic heterocycles. The van der Waals surface area contributed by atoms with Crippen LogP contribution in [0.5, 0.6) is 0 Å². The van der Waals surface area contributed by atoms with Crippen LogP contribution in [0.2, 0.25) is 0 Å². The van der Waals surface area contributed by atoms with Gasteiger partial charge in [0.15, 0.2) is 0 Å². The van der Waals surface area contributed by atoms with Gasteiger partial charge in [-0.3, -0.25) is 4.68 Å². The summed E-state index contributed by atoms with van der Waals surface area (Å²) in [5.41, 5.74) is 2.22. The van der Waals surface area contributed by atoms with Gasteiger partial charge in [0.1, 0.15) is 11.5 Å². The normalized spacial score (nSPS) is 11.8. The second-order valence-corrected chi connectivity index (χ2v) is 8.36. The maximum absolute atomic E-state index is 13.1. The van der Waals surface area contributed by atoms with E-state index in [9.17, 15) is 12.8 Å². The summed E-state index contributed by atoms with van der Waals surface area (Å²) in [5, 5.41) is 6.51. The monoisotopic (exact) mass is 379 g/mol. The maximum Gasteiger partial charge on any atom is 0.240 e. The molecule has 0 saturated heterocycles. The topological polar surface area (TPSA) is 64.0 Å². The Morgan fingerprint density at radius 1 is 1.24 bits per heavy atom. The summed E-state index contributed by atoms with van der Waals surface area (Å²) in [7, 11) is -3.68. The number of thiophene rings is 1. The molecule has 0 spiro atoms. The van der Waals surface area contributed by atoms with Crippen molar-refractivity contribution in [1.82, 2.24) is 14.5 Å². The van der Waals surface area contributed by atoms with Crippen LogP contribution in [0.3, 0.4) is 0 Å². The lowest BCUT2D eigenvalue weighted by Crippen LogP contribution is -2.28. The highest BCUT2D eigenvalue weighted by Gasteiger charge is 2.17.